The Hall–Kier alpha value is -1.46. The number of hydrogen-bond acceptors (Lipinski definition) is 5. The van der Waals surface area contributed by atoms with E-state index in [-0.39, 0.29) is 6.79 Å². The Morgan fingerprint density at radius 3 is 2.91 bits per heavy atom. The fourth-order valence-corrected chi connectivity index (χ4v) is 3.08. The minimum Gasteiger partial charge on any atom is -0.493 e. The van der Waals surface area contributed by atoms with E-state index in [1.54, 1.807) is 7.11 Å². The van der Waals surface area contributed by atoms with Crippen LogP contribution in [-0.4, -0.2) is 44.6 Å². The Labute approximate surface area is 132 Å². The molecule has 0 amide bonds. The third kappa shape index (κ3) is 3.47. The van der Waals surface area contributed by atoms with Crippen LogP contribution in [0.3, 0.4) is 0 Å². The van der Waals surface area contributed by atoms with Crippen molar-refractivity contribution in [3.63, 3.8) is 0 Å². The first kappa shape index (κ1) is 15.4. The molecule has 2 aliphatic rings. The lowest BCUT2D eigenvalue weighted by Gasteiger charge is -2.29. The van der Waals surface area contributed by atoms with Crippen molar-refractivity contribution in [2.75, 3.05) is 33.6 Å². The maximum atomic E-state index is 5.86. The van der Waals surface area contributed by atoms with Crippen LogP contribution in [-0.2, 0) is 11.3 Å². The van der Waals surface area contributed by atoms with Gasteiger partial charge in [0, 0.05) is 19.7 Å². The van der Waals surface area contributed by atoms with Crippen molar-refractivity contribution >= 4 is 0 Å². The lowest BCUT2D eigenvalue weighted by atomic mass is 10.1. The number of hydrogen-bond donors (Lipinski definition) is 0. The summed E-state index contributed by atoms with van der Waals surface area (Å²) in [5.41, 5.74) is 1.18. The van der Waals surface area contributed by atoms with Crippen molar-refractivity contribution in [1.29, 1.82) is 0 Å². The molecule has 5 nitrogen and oxygen atoms in total. The molecule has 122 valence electrons. The fraction of sp³-hybridized carbons (Fsp3) is 0.647. The van der Waals surface area contributed by atoms with Gasteiger partial charge in [-0.25, -0.2) is 0 Å². The molecule has 1 fully saturated rings. The molecule has 0 spiro atoms. The van der Waals surface area contributed by atoms with Gasteiger partial charge in [-0.15, -0.1) is 0 Å². The lowest BCUT2D eigenvalue weighted by Crippen LogP contribution is -2.35. The van der Waals surface area contributed by atoms with Gasteiger partial charge in [-0.2, -0.15) is 0 Å². The van der Waals surface area contributed by atoms with E-state index in [2.05, 4.69) is 17.9 Å². The highest BCUT2D eigenvalue weighted by atomic mass is 16.7. The van der Waals surface area contributed by atoms with E-state index in [9.17, 15) is 0 Å². The number of ether oxygens (including phenoxy) is 4. The molecule has 0 radical (unpaired) electrons. The number of benzene rings is 1. The van der Waals surface area contributed by atoms with E-state index in [1.807, 2.05) is 6.07 Å². The fourth-order valence-electron chi connectivity index (χ4n) is 3.08. The van der Waals surface area contributed by atoms with Crippen LogP contribution in [0.1, 0.15) is 31.7 Å². The summed E-state index contributed by atoms with van der Waals surface area (Å²) in [6.07, 6.45) is 4.01. The molecule has 2 heterocycles. The Kier molecular flexibility index (Phi) is 5.05. The molecule has 2 aliphatic heterocycles. The molecule has 0 aromatic heterocycles. The summed E-state index contributed by atoms with van der Waals surface area (Å²) >= 11 is 0. The van der Waals surface area contributed by atoms with E-state index < -0.39 is 0 Å². The second-order valence-corrected chi connectivity index (χ2v) is 5.85. The van der Waals surface area contributed by atoms with Crippen molar-refractivity contribution in [3.05, 3.63) is 17.7 Å². The minimum absolute atomic E-state index is 0.266. The Morgan fingerprint density at radius 2 is 2.18 bits per heavy atom. The van der Waals surface area contributed by atoms with Gasteiger partial charge in [0.1, 0.15) is 0 Å². The second-order valence-electron chi connectivity index (χ2n) is 5.85. The third-order valence-corrected chi connectivity index (χ3v) is 4.31. The van der Waals surface area contributed by atoms with E-state index in [0.29, 0.717) is 11.9 Å². The van der Waals surface area contributed by atoms with Crippen molar-refractivity contribution < 1.29 is 18.9 Å². The maximum absolute atomic E-state index is 5.86. The number of rotatable bonds is 6. The van der Waals surface area contributed by atoms with Crippen LogP contribution in [0, 0.1) is 0 Å². The largest absolute Gasteiger partial charge is 0.493 e. The van der Waals surface area contributed by atoms with Crippen molar-refractivity contribution in [2.45, 2.75) is 38.8 Å². The summed E-state index contributed by atoms with van der Waals surface area (Å²) in [5.74, 6) is 2.24. The first-order valence-electron chi connectivity index (χ1n) is 8.10. The highest BCUT2D eigenvalue weighted by molar-refractivity contribution is 5.55. The van der Waals surface area contributed by atoms with Crippen molar-refractivity contribution in [2.24, 2.45) is 0 Å². The minimum atomic E-state index is 0.266. The Morgan fingerprint density at radius 1 is 1.27 bits per heavy atom. The van der Waals surface area contributed by atoms with E-state index in [4.69, 9.17) is 18.9 Å². The molecule has 22 heavy (non-hydrogen) atoms. The van der Waals surface area contributed by atoms with Crippen LogP contribution >= 0.6 is 0 Å². The Bertz CT molecular complexity index is 500. The maximum Gasteiger partial charge on any atom is 0.231 e. The van der Waals surface area contributed by atoms with E-state index in [0.717, 1.165) is 37.7 Å². The van der Waals surface area contributed by atoms with Gasteiger partial charge in [-0.05, 0) is 43.5 Å². The highest BCUT2D eigenvalue weighted by Crippen LogP contribution is 2.42. The van der Waals surface area contributed by atoms with Crippen LogP contribution in [0.2, 0.25) is 0 Å². The molecular formula is C17H25NO4. The SMILES string of the molecule is CCN(Cc1cc(OC)c2c(c1)OCO2)C[C@@H]1CCCCO1. The van der Waals surface area contributed by atoms with Crippen molar-refractivity contribution in [3.8, 4) is 17.2 Å². The summed E-state index contributed by atoms with van der Waals surface area (Å²) in [5, 5.41) is 0. The summed E-state index contributed by atoms with van der Waals surface area (Å²) < 4.78 is 22.2. The van der Waals surface area contributed by atoms with Crippen LogP contribution in [0.4, 0.5) is 0 Å². The van der Waals surface area contributed by atoms with Crippen LogP contribution in [0.15, 0.2) is 12.1 Å². The molecule has 0 saturated carbocycles. The molecule has 0 unspecified atom stereocenters. The standard InChI is InChI=1S/C17H25NO4/c1-3-18(11-14-6-4-5-7-20-14)10-13-8-15(19-2)17-16(9-13)21-12-22-17/h8-9,14H,3-7,10-12H2,1-2H3/t14-/m0/s1. The normalized spacial score (nSPS) is 20.4. The van der Waals surface area contributed by atoms with Crippen molar-refractivity contribution in [1.82, 2.24) is 4.90 Å². The average molecular weight is 307 g/mol. The zero-order valence-electron chi connectivity index (χ0n) is 13.5. The molecule has 1 aromatic rings. The molecule has 1 aromatic carbocycles. The zero-order valence-corrected chi connectivity index (χ0v) is 13.5. The van der Waals surface area contributed by atoms with Gasteiger partial charge in [0.15, 0.2) is 11.5 Å². The van der Waals surface area contributed by atoms with E-state index >= 15 is 0 Å². The summed E-state index contributed by atoms with van der Waals surface area (Å²) in [4.78, 5) is 2.41. The number of nitrogens with zero attached hydrogens (tertiary/aromatic N) is 1. The van der Waals surface area contributed by atoms with Gasteiger partial charge in [0.2, 0.25) is 12.5 Å². The predicted molar refractivity (Wildman–Crippen MR) is 83.7 cm³/mol. The summed E-state index contributed by atoms with van der Waals surface area (Å²) in [6.45, 7) is 6.20. The number of fused-ring (bicyclic) bond motifs is 1. The molecule has 3 rings (SSSR count). The van der Waals surface area contributed by atoms with E-state index in [1.165, 1.54) is 24.8 Å². The molecule has 5 heteroatoms. The summed E-state index contributed by atoms with van der Waals surface area (Å²) in [6, 6.07) is 4.09. The molecule has 1 saturated heterocycles. The number of likely N-dealkylation sites (N-methyl/N-ethyl adjacent to an activating group) is 1. The van der Waals surface area contributed by atoms with Crippen LogP contribution in [0.5, 0.6) is 17.2 Å². The first-order chi connectivity index (χ1) is 10.8. The first-order valence-corrected chi connectivity index (χ1v) is 8.10. The molecule has 0 N–H and O–H groups in total. The average Bonchev–Trinajstić information content (AvgIpc) is 3.03. The van der Waals surface area contributed by atoms with Crippen LogP contribution in [0.25, 0.3) is 0 Å². The van der Waals surface area contributed by atoms with Gasteiger partial charge < -0.3 is 18.9 Å². The second kappa shape index (κ2) is 7.20. The van der Waals surface area contributed by atoms with Gasteiger partial charge in [-0.1, -0.05) is 6.92 Å². The topological polar surface area (TPSA) is 40.2 Å². The van der Waals surface area contributed by atoms with Gasteiger partial charge in [-0.3, -0.25) is 4.90 Å². The summed E-state index contributed by atoms with van der Waals surface area (Å²) in [7, 11) is 1.66. The molecule has 0 aliphatic carbocycles. The van der Waals surface area contributed by atoms with Gasteiger partial charge in [0.25, 0.3) is 0 Å². The quantitative estimate of drug-likeness (QED) is 0.808. The molecular weight excluding hydrogens is 282 g/mol. The molecule has 0 bridgehead atoms. The van der Waals surface area contributed by atoms with Crippen LogP contribution < -0.4 is 14.2 Å². The zero-order chi connectivity index (χ0) is 15.4. The highest BCUT2D eigenvalue weighted by Gasteiger charge is 2.22. The predicted octanol–water partition coefficient (Wildman–Crippen LogP) is 2.81. The lowest BCUT2D eigenvalue weighted by molar-refractivity contribution is -0.00624. The molecule has 1 atom stereocenters. The van der Waals surface area contributed by atoms with Gasteiger partial charge in [0.05, 0.1) is 13.2 Å². The number of methoxy groups -OCH3 is 1. The third-order valence-electron chi connectivity index (χ3n) is 4.31. The monoisotopic (exact) mass is 307 g/mol. The smallest absolute Gasteiger partial charge is 0.231 e. The Balaban J connectivity index is 1.67. The van der Waals surface area contributed by atoms with Gasteiger partial charge >= 0.3 is 0 Å².